The molecule has 9 nitrogen and oxygen atoms in total. The lowest BCUT2D eigenvalue weighted by Crippen LogP contribution is -2.38. The highest BCUT2D eigenvalue weighted by molar-refractivity contribution is 5.88. The number of methoxy groups -OCH3 is 1. The first kappa shape index (κ1) is 17.5. The molecule has 3 atom stereocenters. The molecule has 0 spiro atoms. The minimum absolute atomic E-state index is 0.00856. The zero-order valence-electron chi connectivity index (χ0n) is 12.8. The zero-order chi connectivity index (χ0) is 17.9. The molecule has 1 fully saturated rings. The number of carbonyl (C=O) groups is 3. The Morgan fingerprint density at radius 1 is 1.21 bits per heavy atom. The van der Waals surface area contributed by atoms with Crippen molar-refractivity contribution >= 4 is 17.9 Å². The van der Waals surface area contributed by atoms with E-state index in [0.717, 1.165) is 0 Å². The first-order chi connectivity index (χ1) is 11.3. The summed E-state index contributed by atoms with van der Waals surface area (Å²) in [5.74, 6) is -3.79. The second-order valence-electron chi connectivity index (χ2n) is 5.31. The molecule has 1 saturated heterocycles. The van der Waals surface area contributed by atoms with Crippen LogP contribution in [0.4, 0.5) is 0 Å². The van der Waals surface area contributed by atoms with Gasteiger partial charge in [-0.05, 0) is 18.2 Å². The Bertz CT molecular complexity index is 659. The van der Waals surface area contributed by atoms with E-state index < -0.39 is 36.0 Å². The van der Waals surface area contributed by atoms with Crippen LogP contribution in [0.2, 0.25) is 0 Å². The van der Waals surface area contributed by atoms with Crippen molar-refractivity contribution < 1.29 is 39.2 Å². The third kappa shape index (κ3) is 3.74. The summed E-state index contributed by atoms with van der Waals surface area (Å²) in [6.45, 7) is 0.152. The minimum Gasteiger partial charge on any atom is -0.493 e. The van der Waals surface area contributed by atoms with Crippen LogP contribution in [0, 0.1) is 5.92 Å². The monoisotopic (exact) mass is 339 g/mol. The third-order valence-electron chi connectivity index (χ3n) is 3.81. The van der Waals surface area contributed by atoms with Gasteiger partial charge in [0.25, 0.3) is 0 Å². The molecule has 4 N–H and O–H groups in total. The highest BCUT2D eigenvalue weighted by Crippen LogP contribution is 2.32. The lowest BCUT2D eigenvalue weighted by atomic mass is 9.94. The van der Waals surface area contributed by atoms with Gasteiger partial charge < -0.3 is 30.1 Å². The lowest BCUT2D eigenvalue weighted by molar-refractivity contribution is -0.142. The number of carboxylic acids is 3. The average molecular weight is 339 g/mol. The number of aliphatic carboxylic acids is 2. The molecule has 0 aliphatic carbocycles. The summed E-state index contributed by atoms with van der Waals surface area (Å²) in [4.78, 5) is 33.2. The second kappa shape index (κ2) is 7.18. The van der Waals surface area contributed by atoms with Crippen molar-refractivity contribution in [3.63, 3.8) is 0 Å². The first-order valence-corrected chi connectivity index (χ1v) is 7.09. The van der Waals surface area contributed by atoms with Gasteiger partial charge in [-0.2, -0.15) is 0 Å². The van der Waals surface area contributed by atoms with Crippen LogP contribution in [0.1, 0.15) is 16.8 Å². The molecule has 2 rings (SSSR count). The number of nitrogens with one attached hydrogen (secondary N) is 1. The molecular formula is C15H17NO8. The van der Waals surface area contributed by atoms with Gasteiger partial charge in [0.1, 0.15) is 12.1 Å². The van der Waals surface area contributed by atoms with Crippen LogP contribution in [0.5, 0.6) is 11.5 Å². The maximum atomic E-state index is 11.2. The molecule has 130 valence electrons. The fourth-order valence-electron chi connectivity index (χ4n) is 2.67. The van der Waals surface area contributed by atoms with Crippen molar-refractivity contribution in [2.24, 2.45) is 5.92 Å². The normalized spacial score (nSPS) is 22.8. The Hall–Kier alpha value is -2.81. The van der Waals surface area contributed by atoms with Gasteiger partial charge in [0, 0.05) is 12.5 Å². The van der Waals surface area contributed by atoms with Crippen molar-refractivity contribution in [3.8, 4) is 11.5 Å². The first-order valence-electron chi connectivity index (χ1n) is 7.09. The lowest BCUT2D eigenvalue weighted by Gasteiger charge is -2.22. The number of aromatic carboxylic acids is 1. The fraction of sp³-hybridized carbons (Fsp3) is 0.400. The number of benzene rings is 1. The molecule has 1 aromatic rings. The molecule has 0 amide bonds. The van der Waals surface area contributed by atoms with Crippen LogP contribution in [-0.4, -0.2) is 59.0 Å². The Labute approximate surface area is 136 Å². The summed E-state index contributed by atoms with van der Waals surface area (Å²) in [6, 6.07) is 2.97. The zero-order valence-corrected chi connectivity index (χ0v) is 12.8. The Kier molecular flexibility index (Phi) is 5.24. The summed E-state index contributed by atoms with van der Waals surface area (Å²) in [7, 11) is 1.34. The molecule has 9 heteroatoms. The molecule has 0 unspecified atom stereocenters. The Balaban J connectivity index is 2.24. The summed E-state index contributed by atoms with van der Waals surface area (Å²) in [5, 5.41) is 29.9. The van der Waals surface area contributed by atoms with Gasteiger partial charge in [-0.1, -0.05) is 0 Å². The smallest absolute Gasteiger partial charge is 0.335 e. The van der Waals surface area contributed by atoms with Gasteiger partial charge in [-0.3, -0.25) is 9.59 Å². The maximum Gasteiger partial charge on any atom is 0.335 e. The number of ether oxygens (including phenoxy) is 2. The standard InChI is InChI=1S/C15H17NO8/c1-23-10-4-7(14(19)20)2-3-9(10)24-11-6-16-13(15(21)22)8(11)5-12(17)18/h2-4,8,11,13,16H,5-6H2,1H3,(H,17,18)(H,19,20)(H,21,22)/t8-,11+,13-/m0/s1. The van der Waals surface area contributed by atoms with Gasteiger partial charge >= 0.3 is 17.9 Å². The number of hydrogen-bond acceptors (Lipinski definition) is 6. The molecule has 0 saturated carbocycles. The van der Waals surface area contributed by atoms with Crippen LogP contribution in [-0.2, 0) is 9.59 Å². The summed E-state index contributed by atoms with van der Waals surface area (Å²) < 4.78 is 10.8. The van der Waals surface area contributed by atoms with E-state index in [0.29, 0.717) is 0 Å². The number of rotatable bonds is 7. The van der Waals surface area contributed by atoms with E-state index in [1.807, 2.05) is 0 Å². The van der Waals surface area contributed by atoms with Gasteiger partial charge in [-0.15, -0.1) is 0 Å². The Morgan fingerprint density at radius 2 is 1.92 bits per heavy atom. The van der Waals surface area contributed by atoms with E-state index >= 15 is 0 Å². The number of carboxylic acid groups (broad SMARTS) is 3. The van der Waals surface area contributed by atoms with Gasteiger partial charge in [0.2, 0.25) is 0 Å². The van der Waals surface area contributed by atoms with Crippen molar-refractivity contribution in [2.45, 2.75) is 18.6 Å². The summed E-state index contributed by atoms with van der Waals surface area (Å²) >= 11 is 0. The topological polar surface area (TPSA) is 142 Å². The van der Waals surface area contributed by atoms with Gasteiger partial charge in [0.05, 0.1) is 19.1 Å². The van der Waals surface area contributed by atoms with Crippen LogP contribution >= 0.6 is 0 Å². The predicted octanol–water partition coefficient (Wildman–Crippen LogP) is 0.288. The van der Waals surface area contributed by atoms with Crippen molar-refractivity contribution in [1.82, 2.24) is 5.32 Å². The van der Waals surface area contributed by atoms with E-state index in [9.17, 15) is 19.5 Å². The molecular weight excluding hydrogens is 322 g/mol. The van der Waals surface area contributed by atoms with Crippen LogP contribution in [0.15, 0.2) is 18.2 Å². The van der Waals surface area contributed by atoms with E-state index in [2.05, 4.69) is 5.32 Å². The van der Waals surface area contributed by atoms with Gasteiger partial charge in [-0.25, -0.2) is 4.79 Å². The van der Waals surface area contributed by atoms with Crippen molar-refractivity contribution in [2.75, 3.05) is 13.7 Å². The predicted molar refractivity (Wildman–Crippen MR) is 79.5 cm³/mol. The summed E-state index contributed by atoms with van der Waals surface area (Å²) in [6.07, 6.45) is -1.07. The third-order valence-corrected chi connectivity index (χ3v) is 3.81. The second-order valence-corrected chi connectivity index (χ2v) is 5.31. The molecule has 0 aromatic heterocycles. The average Bonchev–Trinajstić information content (AvgIpc) is 2.89. The largest absolute Gasteiger partial charge is 0.493 e. The van der Waals surface area contributed by atoms with E-state index in [1.54, 1.807) is 0 Å². The minimum atomic E-state index is -1.15. The molecule has 24 heavy (non-hydrogen) atoms. The highest BCUT2D eigenvalue weighted by Gasteiger charge is 2.43. The molecule has 1 aromatic carbocycles. The molecule has 1 aliphatic heterocycles. The molecule has 1 heterocycles. The molecule has 0 bridgehead atoms. The van der Waals surface area contributed by atoms with Crippen LogP contribution < -0.4 is 14.8 Å². The van der Waals surface area contributed by atoms with Gasteiger partial charge in [0.15, 0.2) is 11.5 Å². The number of hydrogen-bond donors (Lipinski definition) is 4. The van der Waals surface area contributed by atoms with Crippen molar-refractivity contribution in [3.05, 3.63) is 23.8 Å². The SMILES string of the molecule is COc1cc(C(=O)O)ccc1O[C@@H]1CN[C@H](C(=O)O)[C@H]1CC(=O)O. The van der Waals surface area contributed by atoms with Crippen LogP contribution in [0.3, 0.4) is 0 Å². The fourth-order valence-corrected chi connectivity index (χ4v) is 2.67. The highest BCUT2D eigenvalue weighted by atomic mass is 16.5. The summed E-state index contributed by atoms with van der Waals surface area (Å²) in [5.41, 5.74) is 0.00856. The molecule has 0 radical (unpaired) electrons. The quantitative estimate of drug-likeness (QED) is 0.551. The van der Waals surface area contributed by atoms with E-state index in [-0.39, 0.29) is 30.0 Å². The Morgan fingerprint density at radius 3 is 2.46 bits per heavy atom. The van der Waals surface area contributed by atoms with Crippen molar-refractivity contribution in [1.29, 1.82) is 0 Å². The van der Waals surface area contributed by atoms with Crippen LogP contribution in [0.25, 0.3) is 0 Å². The molecule has 1 aliphatic rings. The van der Waals surface area contributed by atoms with E-state index in [1.165, 1.54) is 25.3 Å². The van der Waals surface area contributed by atoms with E-state index in [4.69, 9.17) is 19.7 Å². The maximum absolute atomic E-state index is 11.2.